The molecule has 0 fully saturated rings. The standard InChI is InChI=1S/C12H12BrN3O2S/c1-16(2)12-9(13)6-8(18-12)7-14-15-11(17)10-4-3-5-19-10/h3-7H,1-2H3,(H,15,17)/b14-7+. The first-order chi connectivity index (χ1) is 9.08. The molecule has 0 spiro atoms. The summed E-state index contributed by atoms with van der Waals surface area (Å²) in [6, 6.07) is 5.34. The van der Waals surface area contributed by atoms with Gasteiger partial charge in [-0.25, -0.2) is 5.43 Å². The maximum atomic E-state index is 11.6. The Labute approximate surface area is 123 Å². The summed E-state index contributed by atoms with van der Waals surface area (Å²) in [5.41, 5.74) is 2.44. The minimum Gasteiger partial charge on any atom is -0.438 e. The third kappa shape index (κ3) is 3.45. The number of hydrazone groups is 1. The van der Waals surface area contributed by atoms with Gasteiger partial charge in [-0.3, -0.25) is 4.79 Å². The van der Waals surface area contributed by atoms with E-state index in [0.717, 1.165) is 4.47 Å². The van der Waals surface area contributed by atoms with E-state index in [0.29, 0.717) is 16.5 Å². The molecular weight excluding hydrogens is 330 g/mol. The number of thiophene rings is 1. The van der Waals surface area contributed by atoms with Crippen LogP contribution < -0.4 is 10.3 Å². The Hall–Kier alpha value is -1.60. The summed E-state index contributed by atoms with van der Waals surface area (Å²) in [6.07, 6.45) is 1.46. The number of rotatable bonds is 4. The quantitative estimate of drug-likeness (QED) is 0.687. The molecule has 0 aliphatic heterocycles. The van der Waals surface area contributed by atoms with Gasteiger partial charge in [-0.2, -0.15) is 5.10 Å². The number of amides is 1. The third-order valence-electron chi connectivity index (χ3n) is 2.20. The average molecular weight is 342 g/mol. The summed E-state index contributed by atoms with van der Waals surface area (Å²) in [7, 11) is 3.76. The summed E-state index contributed by atoms with van der Waals surface area (Å²) < 4.78 is 6.37. The predicted molar refractivity (Wildman–Crippen MR) is 80.1 cm³/mol. The smallest absolute Gasteiger partial charge is 0.281 e. The molecule has 0 aliphatic rings. The Balaban J connectivity index is 1.99. The van der Waals surface area contributed by atoms with Crippen LogP contribution in [0.1, 0.15) is 15.4 Å². The van der Waals surface area contributed by atoms with Gasteiger partial charge in [0.05, 0.1) is 15.6 Å². The van der Waals surface area contributed by atoms with Crippen molar-refractivity contribution < 1.29 is 9.21 Å². The van der Waals surface area contributed by atoms with E-state index in [4.69, 9.17) is 4.42 Å². The van der Waals surface area contributed by atoms with E-state index in [-0.39, 0.29) is 5.91 Å². The number of furan rings is 1. The van der Waals surface area contributed by atoms with E-state index in [1.165, 1.54) is 17.6 Å². The van der Waals surface area contributed by atoms with Crippen molar-refractivity contribution in [2.24, 2.45) is 5.10 Å². The highest BCUT2D eigenvalue weighted by Crippen LogP contribution is 2.27. The molecule has 0 unspecified atom stereocenters. The fourth-order valence-electron chi connectivity index (χ4n) is 1.36. The average Bonchev–Trinajstić information content (AvgIpc) is 2.98. The number of anilines is 1. The first-order valence-electron chi connectivity index (χ1n) is 5.41. The summed E-state index contributed by atoms with van der Waals surface area (Å²) >= 11 is 4.75. The van der Waals surface area contributed by atoms with Crippen molar-refractivity contribution >= 4 is 45.3 Å². The summed E-state index contributed by atoms with van der Waals surface area (Å²) in [5.74, 6) is 1.03. The second-order valence-corrected chi connectivity index (χ2v) is 5.67. The molecule has 2 aromatic rings. The molecule has 0 saturated carbocycles. The number of carbonyl (C=O) groups is 1. The first kappa shape index (κ1) is 13.8. The highest BCUT2D eigenvalue weighted by Gasteiger charge is 2.09. The summed E-state index contributed by atoms with van der Waals surface area (Å²) in [4.78, 5) is 14.1. The second kappa shape index (κ2) is 6.03. The van der Waals surface area contributed by atoms with Gasteiger partial charge >= 0.3 is 0 Å². The Bertz CT molecular complexity index is 590. The van der Waals surface area contributed by atoms with Crippen molar-refractivity contribution in [1.29, 1.82) is 0 Å². The molecule has 1 N–H and O–H groups in total. The number of carbonyl (C=O) groups excluding carboxylic acids is 1. The van der Waals surface area contributed by atoms with E-state index in [9.17, 15) is 4.79 Å². The van der Waals surface area contributed by atoms with Crippen molar-refractivity contribution in [3.05, 3.63) is 38.7 Å². The van der Waals surface area contributed by atoms with Crippen molar-refractivity contribution in [2.45, 2.75) is 0 Å². The molecule has 0 bridgehead atoms. The molecule has 0 aliphatic carbocycles. The number of nitrogens with zero attached hydrogens (tertiary/aromatic N) is 2. The van der Waals surface area contributed by atoms with Crippen LogP contribution >= 0.6 is 27.3 Å². The molecule has 0 radical (unpaired) electrons. The fourth-order valence-corrected chi connectivity index (χ4v) is 2.64. The number of hydrogen-bond acceptors (Lipinski definition) is 5. The monoisotopic (exact) mass is 341 g/mol. The topological polar surface area (TPSA) is 57.8 Å². The fraction of sp³-hybridized carbons (Fsp3) is 0.167. The van der Waals surface area contributed by atoms with Gasteiger partial charge in [0, 0.05) is 20.2 Å². The van der Waals surface area contributed by atoms with Crippen LogP contribution in [0.4, 0.5) is 5.88 Å². The van der Waals surface area contributed by atoms with Gasteiger partial charge in [-0.15, -0.1) is 11.3 Å². The number of hydrogen-bond donors (Lipinski definition) is 1. The third-order valence-corrected chi connectivity index (χ3v) is 3.63. The van der Waals surface area contributed by atoms with E-state index in [1.807, 2.05) is 30.4 Å². The number of nitrogens with one attached hydrogen (secondary N) is 1. The SMILES string of the molecule is CN(C)c1oc(/C=N/NC(=O)c2cccs2)cc1Br. The van der Waals surface area contributed by atoms with E-state index in [1.54, 1.807) is 12.1 Å². The van der Waals surface area contributed by atoms with Crippen LogP contribution in [0, 0.1) is 0 Å². The van der Waals surface area contributed by atoms with E-state index in [2.05, 4.69) is 26.5 Å². The molecule has 0 saturated heterocycles. The maximum Gasteiger partial charge on any atom is 0.281 e. The van der Waals surface area contributed by atoms with Crippen LogP contribution in [0.25, 0.3) is 0 Å². The van der Waals surface area contributed by atoms with Crippen molar-refractivity contribution in [3.8, 4) is 0 Å². The van der Waals surface area contributed by atoms with Crippen molar-refractivity contribution in [3.63, 3.8) is 0 Å². The molecule has 2 rings (SSSR count). The Morgan fingerprint density at radius 2 is 2.37 bits per heavy atom. The van der Waals surface area contributed by atoms with Crippen molar-refractivity contribution in [2.75, 3.05) is 19.0 Å². The maximum absolute atomic E-state index is 11.6. The highest BCUT2D eigenvalue weighted by molar-refractivity contribution is 9.10. The molecule has 7 heteroatoms. The van der Waals surface area contributed by atoms with Gasteiger partial charge in [-0.05, 0) is 27.4 Å². The molecule has 2 heterocycles. The highest BCUT2D eigenvalue weighted by atomic mass is 79.9. The molecule has 0 aromatic carbocycles. The lowest BCUT2D eigenvalue weighted by atomic mass is 10.4. The van der Waals surface area contributed by atoms with Gasteiger partial charge < -0.3 is 9.32 Å². The van der Waals surface area contributed by atoms with Gasteiger partial charge in [0.1, 0.15) is 0 Å². The molecule has 0 atom stereocenters. The second-order valence-electron chi connectivity index (χ2n) is 3.87. The normalized spacial score (nSPS) is 10.9. The van der Waals surface area contributed by atoms with Crippen molar-refractivity contribution in [1.82, 2.24) is 5.43 Å². The van der Waals surface area contributed by atoms with Gasteiger partial charge in [0.15, 0.2) is 5.76 Å². The molecule has 5 nitrogen and oxygen atoms in total. The van der Waals surface area contributed by atoms with E-state index < -0.39 is 0 Å². The first-order valence-corrected chi connectivity index (χ1v) is 7.09. The Morgan fingerprint density at radius 1 is 1.58 bits per heavy atom. The Morgan fingerprint density at radius 3 is 2.95 bits per heavy atom. The largest absolute Gasteiger partial charge is 0.438 e. The van der Waals surface area contributed by atoms with Gasteiger partial charge in [-0.1, -0.05) is 6.07 Å². The molecule has 2 aromatic heterocycles. The zero-order valence-electron chi connectivity index (χ0n) is 10.4. The summed E-state index contributed by atoms with van der Waals surface area (Å²) in [5, 5.41) is 5.70. The molecule has 100 valence electrons. The minimum absolute atomic E-state index is 0.232. The molecular formula is C12H12BrN3O2S. The lowest BCUT2D eigenvalue weighted by Gasteiger charge is -2.07. The Kier molecular flexibility index (Phi) is 4.39. The minimum atomic E-state index is -0.232. The van der Waals surface area contributed by atoms with Crippen LogP contribution in [-0.2, 0) is 0 Å². The van der Waals surface area contributed by atoms with Crippen LogP contribution in [0.2, 0.25) is 0 Å². The zero-order valence-corrected chi connectivity index (χ0v) is 12.8. The van der Waals surface area contributed by atoms with Crippen LogP contribution in [0.5, 0.6) is 0 Å². The van der Waals surface area contributed by atoms with Gasteiger partial charge in [0.25, 0.3) is 5.91 Å². The molecule has 19 heavy (non-hydrogen) atoms. The van der Waals surface area contributed by atoms with Crippen LogP contribution in [0.3, 0.4) is 0 Å². The van der Waals surface area contributed by atoms with Crippen LogP contribution in [-0.4, -0.2) is 26.2 Å². The lowest BCUT2D eigenvalue weighted by molar-refractivity contribution is 0.0959. The van der Waals surface area contributed by atoms with E-state index >= 15 is 0 Å². The molecule has 1 amide bonds. The summed E-state index contributed by atoms with van der Waals surface area (Å²) in [6.45, 7) is 0. The lowest BCUT2D eigenvalue weighted by Crippen LogP contribution is -2.15. The van der Waals surface area contributed by atoms with Crippen LogP contribution in [0.15, 0.2) is 37.6 Å². The zero-order chi connectivity index (χ0) is 13.8. The number of halogens is 1. The predicted octanol–water partition coefficient (Wildman–Crippen LogP) is 2.93. The van der Waals surface area contributed by atoms with Gasteiger partial charge in [0.2, 0.25) is 5.88 Å².